The fourth-order valence-corrected chi connectivity index (χ4v) is 2.88. The van der Waals surface area contributed by atoms with E-state index in [1.54, 1.807) is 0 Å². The molecule has 0 bridgehead atoms. The van der Waals surface area contributed by atoms with Crippen molar-refractivity contribution in [1.82, 2.24) is 0 Å². The average Bonchev–Trinajstić information content (AvgIpc) is 2.47. The number of carbonyl (C=O) groups is 1. The van der Waals surface area contributed by atoms with Crippen molar-refractivity contribution in [2.45, 2.75) is 39.5 Å². The van der Waals surface area contributed by atoms with E-state index in [1.807, 2.05) is 57.2 Å². The lowest BCUT2D eigenvalue weighted by Crippen LogP contribution is -2.14. The lowest BCUT2D eigenvalue weighted by molar-refractivity contribution is -0.139. The number of aryl methyl sites for hydroxylation is 3. The fraction of sp³-hybridized carbons (Fsp3) is 0.350. The molecule has 2 rings (SSSR count). The summed E-state index contributed by atoms with van der Waals surface area (Å²) < 4.78 is 5.77. The Hall–Kier alpha value is -2.29. The molecule has 3 heteroatoms. The Bertz CT molecular complexity index is 656. The van der Waals surface area contributed by atoms with E-state index in [2.05, 4.69) is 6.07 Å². The second kappa shape index (κ2) is 7.82. The first kappa shape index (κ1) is 17.1. The minimum atomic E-state index is -0.772. The molecule has 0 saturated carbocycles. The molecule has 2 aromatic carbocycles. The number of rotatable bonds is 7. The van der Waals surface area contributed by atoms with Crippen molar-refractivity contribution >= 4 is 5.97 Å². The summed E-state index contributed by atoms with van der Waals surface area (Å²) in [5.41, 5.74) is 4.26. The highest BCUT2D eigenvalue weighted by atomic mass is 16.5. The zero-order chi connectivity index (χ0) is 16.8. The van der Waals surface area contributed by atoms with Gasteiger partial charge in [-0.3, -0.25) is 4.79 Å². The maximum absolute atomic E-state index is 11.6. The quantitative estimate of drug-likeness (QED) is 0.758. The van der Waals surface area contributed by atoms with E-state index in [-0.39, 0.29) is 0 Å². The number of aliphatic carboxylic acids is 1. The summed E-state index contributed by atoms with van der Waals surface area (Å²) >= 11 is 0. The fourth-order valence-electron chi connectivity index (χ4n) is 2.88. The number of carboxylic acids is 1. The van der Waals surface area contributed by atoms with Crippen LogP contribution in [0.3, 0.4) is 0 Å². The zero-order valence-electron chi connectivity index (χ0n) is 14.0. The van der Waals surface area contributed by atoms with E-state index in [0.29, 0.717) is 19.4 Å². The summed E-state index contributed by atoms with van der Waals surface area (Å²) in [5.74, 6) is -0.394. The Kier molecular flexibility index (Phi) is 5.80. The van der Waals surface area contributed by atoms with Crippen molar-refractivity contribution in [1.29, 1.82) is 0 Å². The van der Waals surface area contributed by atoms with Gasteiger partial charge >= 0.3 is 5.97 Å². The number of carboxylic acid groups (broad SMARTS) is 1. The summed E-state index contributed by atoms with van der Waals surface area (Å²) in [5, 5.41) is 9.50. The molecule has 0 heterocycles. The number of ether oxygens (including phenoxy) is 1. The highest BCUT2D eigenvalue weighted by Crippen LogP contribution is 2.25. The van der Waals surface area contributed by atoms with Crippen LogP contribution in [-0.2, 0) is 4.79 Å². The van der Waals surface area contributed by atoms with Gasteiger partial charge in [0.25, 0.3) is 0 Å². The maximum atomic E-state index is 11.6. The number of hydrogen-bond acceptors (Lipinski definition) is 2. The molecule has 2 aromatic rings. The second-order valence-corrected chi connectivity index (χ2v) is 6.06. The van der Waals surface area contributed by atoms with Gasteiger partial charge in [0, 0.05) is 0 Å². The van der Waals surface area contributed by atoms with Crippen molar-refractivity contribution in [2.24, 2.45) is 0 Å². The van der Waals surface area contributed by atoms with Crippen LogP contribution in [0.25, 0.3) is 0 Å². The zero-order valence-corrected chi connectivity index (χ0v) is 14.0. The first-order valence-corrected chi connectivity index (χ1v) is 7.97. The molecule has 0 aliphatic carbocycles. The van der Waals surface area contributed by atoms with E-state index in [0.717, 1.165) is 16.9 Å². The van der Waals surface area contributed by atoms with Crippen LogP contribution >= 0.6 is 0 Å². The van der Waals surface area contributed by atoms with Gasteiger partial charge in [-0.1, -0.05) is 30.3 Å². The first-order chi connectivity index (χ1) is 11.0. The molecule has 0 fully saturated rings. The highest BCUT2D eigenvalue weighted by Gasteiger charge is 2.20. The molecule has 1 atom stereocenters. The SMILES string of the molecule is Cc1cc(C)cc(OCCCC(C(=O)O)c2ccccc2C)c1. The van der Waals surface area contributed by atoms with Crippen LogP contribution in [0.4, 0.5) is 0 Å². The lowest BCUT2D eigenvalue weighted by atomic mass is 9.91. The Morgan fingerprint density at radius 1 is 1.09 bits per heavy atom. The Balaban J connectivity index is 1.93. The largest absolute Gasteiger partial charge is 0.494 e. The molecule has 0 amide bonds. The van der Waals surface area contributed by atoms with Gasteiger partial charge in [0.15, 0.2) is 0 Å². The van der Waals surface area contributed by atoms with E-state index < -0.39 is 11.9 Å². The Morgan fingerprint density at radius 3 is 2.35 bits per heavy atom. The molecule has 0 aliphatic rings. The van der Waals surface area contributed by atoms with Gasteiger partial charge in [0.2, 0.25) is 0 Å². The maximum Gasteiger partial charge on any atom is 0.310 e. The van der Waals surface area contributed by atoms with Crippen LogP contribution in [0, 0.1) is 20.8 Å². The van der Waals surface area contributed by atoms with Crippen LogP contribution < -0.4 is 4.74 Å². The molecule has 1 N–H and O–H groups in total. The van der Waals surface area contributed by atoms with Gasteiger partial charge in [-0.15, -0.1) is 0 Å². The molecule has 1 unspecified atom stereocenters. The molecule has 0 aliphatic heterocycles. The second-order valence-electron chi connectivity index (χ2n) is 6.06. The topological polar surface area (TPSA) is 46.5 Å². The third-order valence-electron chi connectivity index (χ3n) is 3.96. The van der Waals surface area contributed by atoms with E-state index in [9.17, 15) is 9.90 Å². The predicted molar refractivity (Wildman–Crippen MR) is 92.2 cm³/mol. The molecule has 0 saturated heterocycles. The van der Waals surface area contributed by atoms with Crippen molar-refractivity contribution in [3.05, 3.63) is 64.7 Å². The molecular formula is C20H24O3. The summed E-state index contributed by atoms with van der Waals surface area (Å²) in [6.45, 7) is 6.56. The molecule has 0 radical (unpaired) electrons. The summed E-state index contributed by atoms with van der Waals surface area (Å²) in [6.07, 6.45) is 1.28. The third-order valence-corrected chi connectivity index (χ3v) is 3.96. The standard InChI is InChI=1S/C20H24O3/c1-14-11-15(2)13-17(12-14)23-10-6-9-19(20(21)22)18-8-5-4-7-16(18)3/h4-5,7-8,11-13,19H,6,9-10H2,1-3H3,(H,21,22). The predicted octanol–water partition coefficient (Wildman–Crippen LogP) is 4.64. The summed E-state index contributed by atoms with van der Waals surface area (Å²) in [7, 11) is 0. The van der Waals surface area contributed by atoms with Crippen molar-refractivity contribution in [3.8, 4) is 5.75 Å². The monoisotopic (exact) mass is 312 g/mol. The highest BCUT2D eigenvalue weighted by molar-refractivity contribution is 5.76. The summed E-state index contributed by atoms with van der Waals surface area (Å²) in [4.78, 5) is 11.6. The van der Waals surface area contributed by atoms with Crippen LogP contribution in [0.5, 0.6) is 5.75 Å². The smallest absolute Gasteiger partial charge is 0.310 e. The molecule has 0 spiro atoms. The minimum absolute atomic E-state index is 0.473. The van der Waals surface area contributed by atoms with Crippen molar-refractivity contribution in [3.63, 3.8) is 0 Å². The average molecular weight is 312 g/mol. The molecule has 3 nitrogen and oxygen atoms in total. The van der Waals surface area contributed by atoms with Gasteiger partial charge in [-0.25, -0.2) is 0 Å². The molecule has 23 heavy (non-hydrogen) atoms. The van der Waals surface area contributed by atoms with Crippen molar-refractivity contribution in [2.75, 3.05) is 6.61 Å². The number of benzene rings is 2. The first-order valence-electron chi connectivity index (χ1n) is 7.97. The molecular weight excluding hydrogens is 288 g/mol. The van der Waals surface area contributed by atoms with E-state index in [1.165, 1.54) is 11.1 Å². The van der Waals surface area contributed by atoms with Crippen molar-refractivity contribution < 1.29 is 14.6 Å². The summed E-state index contributed by atoms with van der Waals surface area (Å²) in [6, 6.07) is 13.8. The van der Waals surface area contributed by atoms with Crippen LogP contribution in [-0.4, -0.2) is 17.7 Å². The van der Waals surface area contributed by atoms with Gasteiger partial charge in [0.1, 0.15) is 5.75 Å². The molecule has 0 aromatic heterocycles. The Labute approximate surface area is 137 Å². The van der Waals surface area contributed by atoms with Gasteiger partial charge in [-0.05, 0) is 68.0 Å². The van der Waals surface area contributed by atoms with Gasteiger partial charge in [0.05, 0.1) is 12.5 Å². The third kappa shape index (κ3) is 4.85. The lowest BCUT2D eigenvalue weighted by Gasteiger charge is -2.15. The van der Waals surface area contributed by atoms with Gasteiger partial charge in [-0.2, -0.15) is 0 Å². The number of hydrogen-bond donors (Lipinski definition) is 1. The van der Waals surface area contributed by atoms with Gasteiger partial charge < -0.3 is 9.84 Å². The van der Waals surface area contributed by atoms with E-state index >= 15 is 0 Å². The van der Waals surface area contributed by atoms with E-state index in [4.69, 9.17) is 4.74 Å². The minimum Gasteiger partial charge on any atom is -0.494 e. The van der Waals surface area contributed by atoms with Crippen LogP contribution in [0.2, 0.25) is 0 Å². The normalized spacial score (nSPS) is 12.0. The Morgan fingerprint density at radius 2 is 1.74 bits per heavy atom. The van der Waals surface area contributed by atoms with Crippen LogP contribution in [0.15, 0.2) is 42.5 Å². The van der Waals surface area contributed by atoms with Crippen LogP contribution in [0.1, 0.15) is 41.0 Å². The molecule has 122 valence electrons.